The molecule has 14 atom stereocenters. The molecule has 246 valence electrons. The Morgan fingerprint density at radius 1 is 1.12 bits per heavy atom. The third kappa shape index (κ3) is 8.72. The van der Waals surface area contributed by atoms with Gasteiger partial charge in [-0.1, -0.05) is 0 Å². The molecule has 0 amide bonds. The first-order valence-corrected chi connectivity index (χ1v) is 14.3. The fourth-order valence-corrected chi connectivity index (χ4v) is 5.62. The zero-order valence-electron chi connectivity index (χ0n) is 24.0. The van der Waals surface area contributed by atoms with Crippen molar-refractivity contribution in [3.05, 3.63) is 0 Å². The molecule has 3 rings (SSSR count). The van der Waals surface area contributed by atoms with Gasteiger partial charge in [0, 0.05) is 19.1 Å². The Morgan fingerprint density at radius 2 is 1.81 bits per heavy atom. The Balaban J connectivity index is 1.75. The summed E-state index contributed by atoms with van der Waals surface area (Å²) in [5, 5.41) is 77.9. The van der Waals surface area contributed by atoms with E-state index in [2.05, 4.69) is 16.0 Å². The first kappa shape index (κ1) is 35.3. The van der Waals surface area contributed by atoms with Crippen LogP contribution in [0.2, 0.25) is 0 Å². The molecule has 16 nitrogen and oxygen atoms in total. The lowest BCUT2D eigenvalue weighted by Gasteiger charge is -2.49. The van der Waals surface area contributed by atoms with E-state index in [1.165, 1.54) is 6.92 Å². The molecule has 14 N–H and O–H groups in total. The van der Waals surface area contributed by atoms with Crippen LogP contribution in [0.4, 0.5) is 4.39 Å². The summed E-state index contributed by atoms with van der Waals surface area (Å²) in [7, 11) is 1.55. The minimum Gasteiger partial charge on any atom is -0.394 e. The first-order valence-electron chi connectivity index (χ1n) is 14.3. The van der Waals surface area contributed by atoms with Crippen LogP contribution in [-0.4, -0.2) is 162 Å². The predicted octanol–water partition coefficient (Wildman–Crippen LogP) is -5.05. The molecular weight excluding hydrogens is 563 g/mol. The lowest BCUT2D eigenvalue weighted by Crippen LogP contribution is -2.69. The Labute approximate surface area is 244 Å². The lowest BCUT2D eigenvalue weighted by atomic mass is 9.83. The minimum absolute atomic E-state index is 0.0375. The molecule has 0 bridgehead atoms. The molecule has 2 aliphatic heterocycles. The zero-order valence-corrected chi connectivity index (χ0v) is 24.0. The van der Waals surface area contributed by atoms with Gasteiger partial charge in [-0.3, -0.25) is 5.41 Å². The molecule has 0 radical (unpaired) electrons. The number of alkyl halides is 1. The standard InChI is InChI=1S/C25H49FN6O10/c1-25(38)10-39-24(18(37)21(25)30-2)42-20-15(32-22(29)16(35)6-26)5-14(28)19(17(20)36)41-23-13(27)4-3-12(40-23)8-31-7-11(34)9-33/h11-21,23-24,30-31,33-38H,3-10,27-28H2,1-2H3,(H2,29,32)/t11?,12-,13?,14-,15+,16?,17?,18?,19?,20?,21+,23+,24+,25?/m0/s1. The summed E-state index contributed by atoms with van der Waals surface area (Å²) in [5.74, 6) is -0.546. The summed E-state index contributed by atoms with van der Waals surface area (Å²) < 4.78 is 36.8. The van der Waals surface area contributed by atoms with Gasteiger partial charge in [-0.15, -0.1) is 0 Å². The highest BCUT2D eigenvalue weighted by molar-refractivity contribution is 5.83. The first-order chi connectivity index (χ1) is 19.8. The number of rotatable bonds is 13. The second-order valence-electron chi connectivity index (χ2n) is 11.6. The number of likely N-dealkylation sites (N-methyl/N-ethyl adjacent to an activating group) is 1. The number of ether oxygens (including phenoxy) is 4. The van der Waals surface area contributed by atoms with Crippen LogP contribution in [0.5, 0.6) is 0 Å². The van der Waals surface area contributed by atoms with Crippen LogP contribution < -0.4 is 27.4 Å². The summed E-state index contributed by atoms with van der Waals surface area (Å²) in [6.45, 7) is 0.217. The van der Waals surface area contributed by atoms with Crippen molar-refractivity contribution in [3.8, 4) is 0 Å². The van der Waals surface area contributed by atoms with Crippen LogP contribution in [0, 0.1) is 5.41 Å². The molecule has 0 aromatic rings. The number of hydrogen-bond acceptors (Lipinski definition) is 15. The van der Waals surface area contributed by atoms with E-state index >= 15 is 0 Å². The average molecular weight is 613 g/mol. The number of aliphatic hydroxyl groups is 6. The highest BCUT2D eigenvalue weighted by atomic mass is 19.1. The fourth-order valence-electron chi connectivity index (χ4n) is 5.62. The van der Waals surface area contributed by atoms with Crippen LogP contribution in [0.25, 0.3) is 0 Å². The maximum absolute atomic E-state index is 13.1. The van der Waals surface area contributed by atoms with Gasteiger partial charge in [0.15, 0.2) is 12.6 Å². The van der Waals surface area contributed by atoms with E-state index in [-0.39, 0.29) is 32.3 Å². The molecular formula is C25H49FN6O10. The number of halogens is 1. The van der Waals surface area contributed by atoms with Crippen LogP contribution >= 0.6 is 0 Å². The maximum Gasteiger partial charge on any atom is 0.185 e. The van der Waals surface area contributed by atoms with E-state index in [0.29, 0.717) is 19.4 Å². The Bertz CT molecular complexity index is 852. The van der Waals surface area contributed by atoms with E-state index in [4.69, 9.17) is 40.9 Å². The van der Waals surface area contributed by atoms with E-state index in [1.54, 1.807) is 7.05 Å². The topological polar surface area (TPSA) is 270 Å². The predicted molar refractivity (Wildman–Crippen MR) is 146 cm³/mol. The second-order valence-corrected chi connectivity index (χ2v) is 11.6. The van der Waals surface area contributed by atoms with Crippen LogP contribution in [-0.2, 0) is 18.9 Å². The van der Waals surface area contributed by atoms with Crippen LogP contribution in [0.1, 0.15) is 26.2 Å². The quantitative estimate of drug-likeness (QED) is 0.0685. The van der Waals surface area contributed by atoms with Crippen molar-refractivity contribution in [3.63, 3.8) is 0 Å². The van der Waals surface area contributed by atoms with Gasteiger partial charge >= 0.3 is 0 Å². The van der Waals surface area contributed by atoms with Crippen molar-refractivity contribution in [2.75, 3.05) is 40.0 Å². The molecule has 17 heteroatoms. The largest absolute Gasteiger partial charge is 0.394 e. The normalized spacial score (nSPS) is 42.6. The number of aliphatic hydroxyl groups excluding tert-OH is 5. The molecule has 42 heavy (non-hydrogen) atoms. The van der Waals surface area contributed by atoms with Gasteiger partial charge < -0.3 is 77.0 Å². The Hall–Kier alpha value is -1.16. The summed E-state index contributed by atoms with van der Waals surface area (Å²) >= 11 is 0. The smallest absolute Gasteiger partial charge is 0.185 e. The van der Waals surface area contributed by atoms with E-state index in [1.807, 2.05) is 0 Å². The monoisotopic (exact) mass is 612 g/mol. The van der Waals surface area contributed by atoms with Gasteiger partial charge in [0.25, 0.3) is 0 Å². The number of hydrogen-bond donors (Lipinski definition) is 12. The summed E-state index contributed by atoms with van der Waals surface area (Å²) in [6, 6.07) is -3.16. The van der Waals surface area contributed by atoms with Gasteiger partial charge in [-0.05, 0) is 33.2 Å². The van der Waals surface area contributed by atoms with E-state index in [0.717, 1.165) is 0 Å². The molecule has 0 aromatic heterocycles. The third-order valence-electron chi connectivity index (χ3n) is 8.02. The van der Waals surface area contributed by atoms with Crippen LogP contribution in [0.3, 0.4) is 0 Å². The Morgan fingerprint density at radius 3 is 2.45 bits per heavy atom. The molecule has 8 unspecified atom stereocenters. The van der Waals surface area contributed by atoms with Gasteiger partial charge in [0.05, 0.1) is 43.5 Å². The van der Waals surface area contributed by atoms with Crippen molar-refractivity contribution >= 4 is 5.84 Å². The van der Waals surface area contributed by atoms with Crippen molar-refractivity contribution < 1.29 is 54.0 Å². The zero-order chi connectivity index (χ0) is 31.2. The highest BCUT2D eigenvalue weighted by Crippen LogP contribution is 2.32. The van der Waals surface area contributed by atoms with Gasteiger partial charge in [0.2, 0.25) is 0 Å². The fraction of sp³-hybridized carbons (Fsp3) is 0.960. The SMILES string of the molecule is CN[C@@H]1C(O)[C@@H](OC2C(O)C(O[C@H]3O[C@H](CNCC(O)CO)CCC3N)[C@@H](N)C[C@H]2NC(=N)C(O)CF)OCC1(C)O. The summed E-state index contributed by atoms with van der Waals surface area (Å²) in [4.78, 5) is 0. The van der Waals surface area contributed by atoms with E-state index in [9.17, 15) is 29.9 Å². The second kappa shape index (κ2) is 15.7. The van der Waals surface area contributed by atoms with Crippen molar-refractivity contribution in [2.45, 2.75) is 111 Å². The minimum atomic E-state index is -1.73. The van der Waals surface area contributed by atoms with Crippen molar-refractivity contribution in [1.29, 1.82) is 5.41 Å². The average Bonchev–Trinajstić information content (AvgIpc) is 2.94. The molecule has 2 saturated heterocycles. The maximum atomic E-state index is 13.1. The molecule has 2 heterocycles. The molecule has 0 aromatic carbocycles. The number of amidine groups is 1. The lowest BCUT2D eigenvalue weighted by molar-refractivity contribution is -0.307. The molecule has 3 fully saturated rings. The van der Waals surface area contributed by atoms with Crippen LogP contribution in [0.15, 0.2) is 0 Å². The van der Waals surface area contributed by atoms with Gasteiger partial charge in [-0.25, -0.2) is 4.39 Å². The molecule has 1 aliphatic carbocycles. The Kier molecular flexibility index (Phi) is 13.2. The number of nitrogens with one attached hydrogen (secondary N) is 4. The molecule has 1 saturated carbocycles. The third-order valence-corrected chi connectivity index (χ3v) is 8.02. The van der Waals surface area contributed by atoms with E-state index < -0.39 is 91.5 Å². The van der Waals surface area contributed by atoms with Crippen molar-refractivity contribution in [2.24, 2.45) is 11.5 Å². The molecule has 3 aliphatic rings. The summed E-state index contributed by atoms with van der Waals surface area (Å²) in [6.07, 6.45) is -9.26. The van der Waals surface area contributed by atoms with Crippen molar-refractivity contribution in [1.82, 2.24) is 16.0 Å². The van der Waals surface area contributed by atoms with Gasteiger partial charge in [-0.2, -0.15) is 0 Å². The highest BCUT2D eigenvalue weighted by Gasteiger charge is 2.51. The van der Waals surface area contributed by atoms with Gasteiger partial charge in [0.1, 0.15) is 48.6 Å². The number of nitrogens with two attached hydrogens (primary N) is 2. The molecule has 0 spiro atoms. The summed E-state index contributed by atoms with van der Waals surface area (Å²) in [5.41, 5.74) is 11.2.